The number of piperidine rings is 1. The molecule has 1 fully saturated rings. The van der Waals surface area contributed by atoms with E-state index in [1.165, 1.54) is 36.7 Å². The van der Waals surface area contributed by atoms with E-state index in [0.29, 0.717) is 24.5 Å². The fourth-order valence-electron chi connectivity index (χ4n) is 2.72. The minimum atomic E-state index is -1.11. The first kappa shape index (κ1) is 16.8. The number of nitrogens with zero attached hydrogens (tertiary/aromatic N) is 3. The van der Waals surface area contributed by atoms with Gasteiger partial charge in [-0.05, 0) is 37.1 Å². The zero-order chi connectivity index (χ0) is 17.8. The van der Waals surface area contributed by atoms with Crippen molar-refractivity contribution in [3.63, 3.8) is 0 Å². The van der Waals surface area contributed by atoms with E-state index in [4.69, 9.17) is 5.11 Å². The van der Waals surface area contributed by atoms with E-state index in [1.54, 1.807) is 0 Å². The number of nitrogens with one attached hydrogen (secondary N) is 1. The van der Waals surface area contributed by atoms with Gasteiger partial charge in [0.1, 0.15) is 11.6 Å². The van der Waals surface area contributed by atoms with Crippen molar-refractivity contribution in [2.75, 3.05) is 18.0 Å². The molecule has 8 heteroatoms. The molecule has 0 radical (unpaired) electrons. The molecule has 1 aromatic heterocycles. The van der Waals surface area contributed by atoms with Crippen molar-refractivity contribution in [3.8, 4) is 0 Å². The van der Waals surface area contributed by atoms with Gasteiger partial charge < -0.3 is 15.3 Å². The summed E-state index contributed by atoms with van der Waals surface area (Å²) in [6, 6.07) is 5.47. The molecule has 7 nitrogen and oxygen atoms in total. The monoisotopic (exact) mass is 344 g/mol. The van der Waals surface area contributed by atoms with Gasteiger partial charge in [0.15, 0.2) is 5.69 Å². The van der Waals surface area contributed by atoms with Crippen LogP contribution >= 0.6 is 0 Å². The van der Waals surface area contributed by atoms with Crippen LogP contribution in [0.15, 0.2) is 36.7 Å². The maximum absolute atomic E-state index is 12.9. The SMILES string of the molecule is O=C(NC1CCN(c2cnc(C(=O)O)cn2)CC1)c1ccc(F)cc1. The lowest BCUT2D eigenvalue weighted by Gasteiger charge is -2.33. The number of carboxylic acid groups (broad SMARTS) is 1. The predicted octanol–water partition coefficient (Wildman–Crippen LogP) is 1.71. The molecule has 1 aliphatic rings. The number of hydrogen-bond acceptors (Lipinski definition) is 5. The van der Waals surface area contributed by atoms with Crippen LogP contribution in [0.2, 0.25) is 0 Å². The highest BCUT2D eigenvalue weighted by Crippen LogP contribution is 2.17. The van der Waals surface area contributed by atoms with Gasteiger partial charge in [-0.2, -0.15) is 0 Å². The first-order chi connectivity index (χ1) is 12.0. The van der Waals surface area contributed by atoms with Crippen molar-refractivity contribution in [1.82, 2.24) is 15.3 Å². The highest BCUT2D eigenvalue weighted by Gasteiger charge is 2.22. The lowest BCUT2D eigenvalue weighted by atomic mass is 10.0. The van der Waals surface area contributed by atoms with Crippen molar-refractivity contribution < 1.29 is 19.1 Å². The number of halogens is 1. The Bertz CT molecular complexity index is 756. The number of carbonyl (C=O) groups is 2. The summed E-state index contributed by atoms with van der Waals surface area (Å²) in [7, 11) is 0. The summed E-state index contributed by atoms with van der Waals surface area (Å²) in [4.78, 5) is 32.9. The van der Waals surface area contributed by atoms with Crippen LogP contribution in [0.4, 0.5) is 10.2 Å². The molecule has 1 aliphatic heterocycles. The van der Waals surface area contributed by atoms with Crippen molar-refractivity contribution in [3.05, 3.63) is 53.7 Å². The predicted molar refractivity (Wildman–Crippen MR) is 88.1 cm³/mol. The van der Waals surface area contributed by atoms with Crippen molar-refractivity contribution in [2.24, 2.45) is 0 Å². The Kier molecular flexibility index (Phi) is 4.87. The molecule has 3 rings (SSSR count). The minimum Gasteiger partial charge on any atom is -0.476 e. The minimum absolute atomic E-state index is 0.0278. The molecule has 25 heavy (non-hydrogen) atoms. The molecule has 0 saturated carbocycles. The Morgan fingerprint density at radius 1 is 1.12 bits per heavy atom. The van der Waals surface area contributed by atoms with Gasteiger partial charge in [-0.25, -0.2) is 19.2 Å². The van der Waals surface area contributed by atoms with Crippen molar-refractivity contribution >= 4 is 17.7 Å². The van der Waals surface area contributed by atoms with Crippen molar-refractivity contribution in [2.45, 2.75) is 18.9 Å². The van der Waals surface area contributed by atoms with E-state index in [9.17, 15) is 14.0 Å². The summed E-state index contributed by atoms with van der Waals surface area (Å²) in [5.41, 5.74) is 0.337. The van der Waals surface area contributed by atoms with E-state index < -0.39 is 5.97 Å². The first-order valence-electron chi connectivity index (χ1n) is 7.89. The molecule has 0 aliphatic carbocycles. The Labute approximate surface area is 143 Å². The van der Waals surface area contributed by atoms with Crippen LogP contribution in [0.25, 0.3) is 0 Å². The third kappa shape index (κ3) is 4.09. The van der Waals surface area contributed by atoms with Gasteiger partial charge >= 0.3 is 5.97 Å². The number of carboxylic acids is 1. The standard InChI is InChI=1S/C17H17FN4O3/c18-12-3-1-11(2-4-12)16(23)21-13-5-7-22(8-6-13)15-10-19-14(9-20-15)17(24)25/h1-4,9-10,13H,5-8H2,(H,21,23)(H,24,25). The second-order valence-corrected chi connectivity index (χ2v) is 5.81. The fraction of sp³-hybridized carbons (Fsp3) is 0.294. The van der Waals surface area contributed by atoms with Gasteiger partial charge in [-0.15, -0.1) is 0 Å². The highest BCUT2D eigenvalue weighted by atomic mass is 19.1. The van der Waals surface area contributed by atoms with E-state index in [1.807, 2.05) is 4.90 Å². The second-order valence-electron chi connectivity index (χ2n) is 5.81. The lowest BCUT2D eigenvalue weighted by molar-refractivity contribution is 0.0689. The molecule has 0 atom stereocenters. The molecule has 0 unspecified atom stereocenters. The van der Waals surface area contributed by atoms with E-state index in [2.05, 4.69) is 15.3 Å². The van der Waals surface area contributed by atoms with Crippen LogP contribution < -0.4 is 10.2 Å². The van der Waals surface area contributed by atoms with Gasteiger partial charge in [-0.3, -0.25) is 4.79 Å². The number of carbonyl (C=O) groups excluding carboxylic acids is 1. The lowest BCUT2D eigenvalue weighted by Crippen LogP contribution is -2.45. The summed E-state index contributed by atoms with van der Waals surface area (Å²) >= 11 is 0. The summed E-state index contributed by atoms with van der Waals surface area (Å²) in [5, 5.41) is 11.8. The van der Waals surface area contributed by atoms with E-state index in [-0.39, 0.29) is 23.5 Å². The maximum Gasteiger partial charge on any atom is 0.356 e. The molecular weight excluding hydrogens is 327 g/mol. The summed E-state index contributed by atoms with van der Waals surface area (Å²) in [5.74, 6) is -1.08. The average Bonchev–Trinajstić information content (AvgIpc) is 2.63. The van der Waals surface area contributed by atoms with E-state index >= 15 is 0 Å². The number of hydrogen-bond donors (Lipinski definition) is 2. The summed E-state index contributed by atoms with van der Waals surface area (Å²) in [6.07, 6.45) is 4.14. The molecular formula is C17H17FN4O3. The molecule has 130 valence electrons. The number of amides is 1. The molecule has 0 spiro atoms. The number of aromatic nitrogens is 2. The Hall–Kier alpha value is -3.03. The summed E-state index contributed by atoms with van der Waals surface area (Å²) < 4.78 is 12.9. The van der Waals surface area contributed by atoms with Crippen molar-refractivity contribution in [1.29, 1.82) is 0 Å². The normalized spacial score (nSPS) is 15.0. The number of anilines is 1. The molecule has 1 saturated heterocycles. The molecule has 1 aromatic carbocycles. The first-order valence-corrected chi connectivity index (χ1v) is 7.89. The molecule has 2 aromatic rings. The fourth-order valence-corrected chi connectivity index (χ4v) is 2.72. The van der Waals surface area contributed by atoms with Gasteiger partial charge in [0, 0.05) is 24.7 Å². The highest BCUT2D eigenvalue weighted by molar-refractivity contribution is 5.94. The molecule has 1 amide bonds. The van der Waals surface area contributed by atoms with E-state index in [0.717, 1.165) is 12.8 Å². The average molecular weight is 344 g/mol. The number of aromatic carboxylic acids is 1. The largest absolute Gasteiger partial charge is 0.476 e. The van der Waals surface area contributed by atoms with Crippen LogP contribution in [0.5, 0.6) is 0 Å². The zero-order valence-electron chi connectivity index (χ0n) is 13.4. The third-order valence-electron chi connectivity index (χ3n) is 4.12. The number of benzene rings is 1. The third-order valence-corrected chi connectivity index (χ3v) is 4.12. The summed E-state index contributed by atoms with van der Waals surface area (Å²) in [6.45, 7) is 1.35. The van der Waals surface area contributed by atoms with Gasteiger partial charge in [0.05, 0.1) is 12.4 Å². The molecule has 0 bridgehead atoms. The smallest absolute Gasteiger partial charge is 0.356 e. The molecule has 2 heterocycles. The van der Waals surface area contributed by atoms with Crippen LogP contribution in [0.3, 0.4) is 0 Å². The van der Waals surface area contributed by atoms with Gasteiger partial charge in [-0.1, -0.05) is 0 Å². The van der Waals surface area contributed by atoms with Crippen LogP contribution in [0.1, 0.15) is 33.7 Å². The van der Waals surface area contributed by atoms with Gasteiger partial charge in [0.25, 0.3) is 5.91 Å². The van der Waals surface area contributed by atoms with Crippen LogP contribution in [-0.4, -0.2) is 46.1 Å². The zero-order valence-corrected chi connectivity index (χ0v) is 13.4. The molecule has 2 N–H and O–H groups in total. The maximum atomic E-state index is 12.9. The van der Waals surface area contributed by atoms with Gasteiger partial charge in [0.2, 0.25) is 0 Å². The van der Waals surface area contributed by atoms with Crippen LogP contribution in [-0.2, 0) is 0 Å². The topological polar surface area (TPSA) is 95.4 Å². The quantitative estimate of drug-likeness (QED) is 0.877. The Morgan fingerprint density at radius 2 is 1.80 bits per heavy atom. The number of rotatable bonds is 4. The van der Waals surface area contributed by atoms with Crippen LogP contribution in [0, 0.1) is 5.82 Å². The Morgan fingerprint density at radius 3 is 2.36 bits per heavy atom. The Balaban J connectivity index is 1.53. The second kappa shape index (κ2) is 7.25.